The van der Waals surface area contributed by atoms with E-state index in [0.29, 0.717) is 17.0 Å². The molecule has 7 nitrogen and oxygen atoms in total. The van der Waals surface area contributed by atoms with Gasteiger partial charge >= 0.3 is 6.18 Å². The van der Waals surface area contributed by atoms with Crippen LogP contribution in [0.3, 0.4) is 0 Å². The van der Waals surface area contributed by atoms with Crippen molar-refractivity contribution in [1.29, 1.82) is 0 Å². The van der Waals surface area contributed by atoms with E-state index in [9.17, 15) is 22.8 Å². The van der Waals surface area contributed by atoms with Crippen LogP contribution in [0.5, 0.6) is 5.75 Å². The molecule has 1 aromatic heterocycles. The van der Waals surface area contributed by atoms with Gasteiger partial charge in [-0.2, -0.15) is 13.2 Å². The zero-order valence-electron chi connectivity index (χ0n) is 13.6. The van der Waals surface area contributed by atoms with Crippen molar-refractivity contribution in [2.45, 2.75) is 23.5 Å². The zero-order valence-corrected chi connectivity index (χ0v) is 14.4. The highest BCUT2D eigenvalue weighted by atomic mass is 32.2. The number of hydrogen-bond acceptors (Lipinski definition) is 6. The molecule has 1 aliphatic rings. The van der Waals surface area contributed by atoms with Gasteiger partial charge in [0.15, 0.2) is 17.5 Å². The Kier molecular flexibility index (Phi) is 4.65. The van der Waals surface area contributed by atoms with Crippen molar-refractivity contribution in [1.82, 2.24) is 14.8 Å². The molecule has 0 aliphatic carbocycles. The lowest BCUT2D eigenvalue weighted by molar-refractivity contribution is -0.147. The average molecular weight is 386 g/mol. The van der Waals surface area contributed by atoms with Gasteiger partial charge in [0.1, 0.15) is 5.75 Å². The summed E-state index contributed by atoms with van der Waals surface area (Å²) in [5.74, 6) is -1.34. The predicted octanol–water partition coefficient (Wildman–Crippen LogP) is 2.53. The molecule has 0 spiro atoms. The minimum Gasteiger partial charge on any atom is -0.482 e. The Morgan fingerprint density at radius 2 is 2.12 bits per heavy atom. The lowest BCUT2D eigenvalue weighted by Gasteiger charge is -2.19. The van der Waals surface area contributed by atoms with Crippen molar-refractivity contribution in [3.8, 4) is 5.75 Å². The number of alkyl halides is 3. The summed E-state index contributed by atoms with van der Waals surface area (Å²) in [4.78, 5) is 23.9. The van der Waals surface area contributed by atoms with E-state index in [0.717, 1.165) is 16.3 Å². The van der Waals surface area contributed by atoms with Crippen LogP contribution in [0.15, 0.2) is 23.4 Å². The first kappa shape index (κ1) is 18.2. The van der Waals surface area contributed by atoms with Crippen LogP contribution in [0.1, 0.15) is 23.1 Å². The van der Waals surface area contributed by atoms with Crippen LogP contribution in [0.4, 0.5) is 18.9 Å². The summed E-state index contributed by atoms with van der Waals surface area (Å²) >= 11 is 0.869. The number of hydrogen-bond donors (Lipinski definition) is 1. The third-order valence-corrected chi connectivity index (χ3v) is 4.77. The lowest BCUT2D eigenvalue weighted by Crippen LogP contribution is -2.25. The molecule has 1 N–H and O–H groups in total. The molecule has 0 radical (unpaired) electrons. The third-order valence-electron chi connectivity index (χ3n) is 3.64. The second-order valence-corrected chi connectivity index (χ2v) is 6.84. The molecule has 0 bridgehead atoms. The Hall–Kier alpha value is -2.56. The number of amides is 1. The highest BCUT2D eigenvalue weighted by Crippen LogP contribution is 2.33. The fraction of sp³-hybridized carbons (Fsp3) is 0.333. The maximum atomic E-state index is 12.8. The maximum absolute atomic E-state index is 12.8. The predicted molar refractivity (Wildman–Crippen MR) is 86.2 cm³/mol. The fourth-order valence-electron chi connectivity index (χ4n) is 2.35. The van der Waals surface area contributed by atoms with E-state index in [-0.39, 0.29) is 23.5 Å². The molecule has 0 saturated carbocycles. The number of thioether (sulfide) groups is 1. The van der Waals surface area contributed by atoms with Gasteiger partial charge in [0.25, 0.3) is 5.91 Å². The van der Waals surface area contributed by atoms with Crippen molar-refractivity contribution in [2.75, 3.05) is 11.9 Å². The van der Waals surface area contributed by atoms with Gasteiger partial charge < -0.3 is 14.6 Å². The van der Waals surface area contributed by atoms with Gasteiger partial charge in [0, 0.05) is 12.6 Å². The number of aromatic nitrogens is 3. The number of anilines is 1. The lowest BCUT2D eigenvalue weighted by atomic mass is 10.1. The van der Waals surface area contributed by atoms with E-state index >= 15 is 0 Å². The van der Waals surface area contributed by atoms with E-state index in [1.807, 2.05) is 0 Å². The van der Waals surface area contributed by atoms with Gasteiger partial charge in [-0.1, -0.05) is 11.8 Å². The molecule has 1 aliphatic heterocycles. The Morgan fingerprint density at radius 1 is 1.38 bits per heavy atom. The molecular formula is C15H13F3N4O3S. The number of carbonyl (C=O) groups excluding carboxylic acids is 2. The highest BCUT2D eigenvalue weighted by Gasteiger charge is 2.38. The van der Waals surface area contributed by atoms with E-state index in [4.69, 9.17) is 4.74 Å². The average Bonchev–Trinajstić information content (AvgIpc) is 2.94. The van der Waals surface area contributed by atoms with Crippen LogP contribution in [0.25, 0.3) is 0 Å². The Morgan fingerprint density at radius 3 is 2.77 bits per heavy atom. The molecular weight excluding hydrogens is 373 g/mol. The molecule has 2 heterocycles. The van der Waals surface area contributed by atoms with Gasteiger partial charge in [-0.25, -0.2) is 0 Å². The molecule has 0 saturated heterocycles. The zero-order chi connectivity index (χ0) is 19.1. The quantitative estimate of drug-likeness (QED) is 0.642. The molecule has 11 heteroatoms. The van der Waals surface area contributed by atoms with Crippen LogP contribution in [0, 0.1) is 0 Å². The van der Waals surface area contributed by atoms with Gasteiger partial charge in [0.2, 0.25) is 5.82 Å². The van der Waals surface area contributed by atoms with Crippen molar-refractivity contribution >= 4 is 29.1 Å². The minimum atomic E-state index is -4.62. The molecule has 1 aromatic carbocycles. The van der Waals surface area contributed by atoms with E-state index in [2.05, 4.69) is 15.5 Å². The second-order valence-electron chi connectivity index (χ2n) is 5.54. The van der Waals surface area contributed by atoms with Crippen molar-refractivity contribution in [3.05, 3.63) is 29.6 Å². The molecule has 1 amide bonds. The number of halogens is 3. The van der Waals surface area contributed by atoms with Crippen molar-refractivity contribution < 1.29 is 27.5 Å². The smallest absolute Gasteiger partial charge is 0.451 e. The molecule has 138 valence electrons. The molecule has 26 heavy (non-hydrogen) atoms. The highest BCUT2D eigenvalue weighted by molar-refractivity contribution is 8.00. The van der Waals surface area contributed by atoms with Crippen molar-refractivity contribution in [3.63, 3.8) is 0 Å². The molecule has 1 unspecified atom stereocenters. The number of carbonyl (C=O) groups is 2. The normalized spacial score (nSPS) is 15.0. The summed E-state index contributed by atoms with van der Waals surface area (Å²) in [7, 11) is 1.19. The summed E-state index contributed by atoms with van der Waals surface area (Å²) < 4.78 is 44.3. The molecule has 0 fully saturated rings. The van der Waals surface area contributed by atoms with Crippen molar-refractivity contribution in [2.24, 2.45) is 7.05 Å². The second kappa shape index (κ2) is 6.63. The number of ketones is 1. The standard InChI is InChI=1S/C15H13F3N4O3S/c1-7(26-14-21-20-13(22(14)2)15(16,17)18)12(24)8-3-4-10-9(5-8)19-11(23)6-25-10/h3-5,7H,6H2,1-2H3,(H,19,23). The van der Waals surface area contributed by atoms with E-state index in [1.54, 1.807) is 13.0 Å². The monoisotopic (exact) mass is 386 g/mol. The third kappa shape index (κ3) is 3.52. The van der Waals surface area contributed by atoms with Crippen LogP contribution in [-0.2, 0) is 18.0 Å². The Balaban J connectivity index is 1.78. The van der Waals surface area contributed by atoms with Gasteiger partial charge in [-0.05, 0) is 25.1 Å². The van der Waals surface area contributed by atoms with E-state index < -0.39 is 17.3 Å². The summed E-state index contributed by atoms with van der Waals surface area (Å²) in [6, 6.07) is 4.57. The Labute approximate surface area is 149 Å². The Bertz CT molecular complexity index is 882. The first-order valence-corrected chi connectivity index (χ1v) is 8.29. The number of fused-ring (bicyclic) bond motifs is 1. The summed E-state index contributed by atoms with van der Waals surface area (Å²) in [6.07, 6.45) is -4.62. The largest absolute Gasteiger partial charge is 0.482 e. The number of Topliss-reactive ketones (excluding diaryl/α,β-unsaturated/α-hetero) is 1. The van der Waals surface area contributed by atoms with Gasteiger partial charge in [0.05, 0.1) is 10.9 Å². The maximum Gasteiger partial charge on any atom is 0.451 e. The van der Waals surface area contributed by atoms with Crippen LogP contribution >= 0.6 is 11.8 Å². The fourth-order valence-corrected chi connectivity index (χ4v) is 3.24. The van der Waals surface area contributed by atoms with Crippen LogP contribution in [-0.4, -0.2) is 38.3 Å². The first-order valence-electron chi connectivity index (χ1n) is 7.41. The van der Waals surface area contributed by atoms with Crippen LogP contribution < -0.4 is 10.1 Å². The first-order chi connectivity index (χ1) is 12.2. The molecule has 3 rings (SSSR count). The molecule has 2 aromatic rings. The SMILES string of the molecule is CC(Sc1nnc(C(F)(F)F)n1C)C(=O)c1ccc2c(c1)NC(=O)CO2. The summed E-state index contributed by atoms with van der Waals surface area (Å²) in [6.45, 7) is 1.46. The summed E-state index contributed by atoms with van der Waals surface area (Å²) in [5.41, 5.74) is 0.676. The number of ether oxygens (including phenoxy) is 1. The number of nitrogens with one attached hydrogen (secondary N) is 1. The van der Waals surface area contributed by atoms with Crippen LogP contribution in [0.2, 0.25) is 0 Å². The topological polar surface area (TPSA) is 86.1 Å². The van der Waals surface area contributed by atoms with Gasteiger partial charge in [-0.3, -0.25) is 9.59 Å². The minimum absolute atomic E-state index is 0.0206. The number of rotatable bonds is 4. The molecule has 1 atom stereocenters. The number of benzene rings is 1. The summed E-state index contributed by atoms with van der Waals surface area (Å²) in [5, 5.41) is 8.50. The van der Waals surface area contributed by atoms with E-state index in [1.165, 1.54) is 19.2 Å². The number of nitrogens with zero attached hydrogens (tertiary/aromatic N) is 3. The van der Waals surface area contributed by atoms with Gasteiger partial charge in [-0.15, -0.1) is 10.2 Å².